The first-order chi connectivity index (χ1) is 9.24. The summed E-state index contributed by atoms with van der Waals surface area (Å²) in [7, 11) is 0. The normalized spacial score (nSPS) is 10.1. The maximum absolute atomic E-state index is 10.6. The minimum absolute atomic E-state index is 0.239. The third-order valence-corrected chi connectivity index (χ3v) is 2.21. The first-order valence-corrected chi connectivity index (χ1v) is 5.96. The second-order valence-electron chi connectivity index (χ2n) is 3.65. The van der Waals surface area contributed by atoms with Crippen LogP contribution in [0.15, 0.2) is 36.9 Å². The van der Waals surface area contributed by atoms with E-state index in [1.807, 2.05) is 0 Å². The summed E-state index contributed by atoms with van der Waals surface area (Å²) >= 11 is 0. The monoisotopic (exact) mass is 266 g/mol. The molecule has 5 heteroatoms. The van der Waals surface area contributed by atoms with E-state index in [0.717, 1.165) is 0 Å². The van der Waals surface area contributed by atoms with Gasteiger partial charge in [0, 0.05) is 0 Å². The molecule has 1 aromatic rings. The number of hydrogen-bond donors (Lipinski definition) is 1. The number of benzene rings is 1. The number of carboxylic acid groups (broad SMARTS) is 1. The lowest BCUT2D eigenvalue weighted by Crippen LogP contribution is -2.10. The van der Waals surface area contributed by atoms with E-state index in [9.17, 15) is 4.79 Å². The minimum atomic E-state index is -0.950. The van der Waals surface area contributed by atoms with E-state index in [-0.39, 0.29) is 5.56 Å². The van der Waals surface area contributed by atoms with Crippen LogP contribution in [-0.4, -0.2) is 44.1 Å². The molecule has 0 aliphatic rings. The molecule has 0 radical (unpaired) electrons. The standard InChI is InChI=1S/C14H18O5/c1-2-7-17-8-9-18-10-11-19-13-5-3-12(4-6-13)14(15)16/h2-6H,1,7-11H2,(H,15,16). The fourth-order valence-corrected chi connectivity index (χ4v) is 1.30. The Morgan fingerprint density at radius 1 is 1.11 bits per heavy atom. The fraction of sp³-hybridized carbons (Fsp3) is 0.357. The van der Waals surface area contributed by atoms with E-state index in [2.05, 4.69) is 6.58 Å². The average molecular weight is 266 g/mol. The SMILES string of the molecule is C=CCOCCOCCOc1ccc(C(=O)O)cc1. The van der Waals surface area contributed by atoms with Gasteiger partial charge in [-0.05, 0) is 24.3 Å². The molecular formula is C14H18O5. The number of rotatable bonds is 10. The molecule has 0 spiro atoms. The van der Waals surface area contributed by atoms with Gasteiger partial charge in [-0.2, -0.15) is 0 Å². The Bertz CT molecular complexity index is 385. The number of carboxylic acids is 1. The van der Waals surface area contributed by atoms with E-state index in [1.165, 1.54) is 12.1 Å². The van der Waals surface area contributed by atoms with Crippen LogP contribution in [0.3, 0.4) is 0 Å². The third kappa shape index (κ3) is 6.59. The van der Waals surface area contributed by atoms with Crippen molar-refractivity contribution in [2.75, 3.05) is 33.0 Å². The highest BCUT2D eigenvalue weighted by atomic mass is 16.5. The summed E-state index contributed by atoms with van der Waals surface area (Å²) in [6.07, 6.45) is 1.68. The molecule has 0 aliphatic heterocycles. The van der Waals surface area contributed by atoms with Crippen LogP contribution in [0.4, 0.5) is 0 Å². The van der Waals surface area contributed by atoms with Crippen LogP contribution in [-0.2, 0) is 9.47 Å². The highest BCUT2D eigenvalue weighted by molar-refractivity contribution is 5.87. The van der Waals surface area contributed by atoms with Crippen molar-refractivity contribution < 1.29 is 24.1 Å². The van der Waals surface area contributed by atoms with Crippen LogP contribution in [0.1, 0.15) is 10.4 Å². The molecule has 0 fully saturated rings. The van der Waals surface area contributed by atoms with Gasteiger partial charge in [0.05, 0.1) is 32.0 Å². The molecule has 104 valence electrons. The van der Waals surface area contributed by atoms with Crippen molar-refractivity contribution in [2.24, 2.45) is 0 Å². The molecule has 19 heavy (non-hydrogen) atoms. The van der Waals surface area contributed by atoms with Gasteiger partial charge in [-0.3, -0.25) is 0 Å². The van der Waals surface area contributed by atoms with Gasteiger partial charge in [0.15, 0.2) is 0 Å². The van der Waals surface area contributed by atoms with Gasteiger partial charge in [-0.15, -0.1) is 6.58 Å². The molecule has 5 nitrogen and oxygen atoms in total. The lowest BCUT2D eigenvalue weighted by atomic mass is 10.2. The van der Waals surface area contributed by atoms with Gasteiger partial charge in [-0.1, -0.05) is 6.08 Å². The Kier molecular flexibility index (Phi) is 7.31. The quantitative estimate of drug-likeness (QED) is 0.518. The van der Waals surface area contributed by atoms with Crippen molar-refractivity contribution in [3.8, 4) is 5.75 Å². The number of aromatic carboxylic acids is 1. The Labute approximate surface area is 112 Å². The zero-order chi connectivity index (χ0) is 13.9. The van der Waals surface area contributed by atoms with Crippen LogP contribution in [0.25, 0.3) is 0 Å². The molecule has 0 unspecified atom stereocenters. The van der Waals surface area contributed by atoms with Crippen molar-refractivity contribution in [3.05, 3.63) is 42.5 Å². The van der Waals surface area contributed by atoms with E-state index in [4.69, 9.17) is 19.3 Å². The van der Waals surface area contributed by atoms with Crippen LogP contribution < -0.4 is 4.74 Å². The van der Waals surface area contributed by atoms with Crippen molar-refractivity contribution in [2.45, 2.75) is 0 Å². The Balaban J connectivity index is 2.09. The molecule has 0 saturated heterocycles. The second-order valence-corrected chi connectivity index (χ2v) is 3.65. The van der Waals surface area contributed by atoms with Gasteiger partial charge in [0.1, 0.15) is 12.4 Å². The molecule has 0 amide bonds. The van der Waals surface area contributed by atoms with E-state index in [1.54, 1.807) is 18.2 Å². The molecule has 0 bridgehead atoms. The third-order valence-electron chi connectivity index (χ3n) is 2.21. The first-order valence-electron chi connectivity index (χ1n) is 5.96. The van der Waals surface area contributed by atoms with Crippen molar-refractivity contribution in [3.63, 3.8) is 0 Å². The summed E-state index contributed by atoms with van der Waals surface area (Å²) in [5.41, 5.74) is 0.239. The summed E-state index contributed by atoms with van der Waals surface area (Å²) in [5, 5.41) is 8.73. The summed E-state index contributed by atoms with van der Waals surface area (Å²) in [5.74, 6) is -0.328. The Morgan fingerprint density at radius 2 is 1.74 bits per heavy atom. The van der Waals surface area contributed by atoms with Crippen LogP contribution in [0, 0.1) is 0 Å². The van der Waals surface area contributed by atoms with Crippen molar-refractivity contribution in [1.82, 2.24) is 0 Å². The Hall–Kier alpha value is -1.85. The highest BCUT2D eigenvalue weighted by Crippen LogP contribution is 2.11. The first kappa shape index (κ1) is 15.2. The fourth-order valence-electron chi connectivity index (χ4n) is 1.30. The largest absolute Gasteiger partial charge is 0.491 e. The molecule has 0 saturated carbocycles. The molecule has 0 aromatic heterocycles. The molecule has 0 atom stereocenters. The predicted molar refractivity (Wildman–Crippen MR) is 70.7 cm³/mol. The second kappa shape index (κ2) is 9.13. The highest BCUT2D eigenvalue weighted by Gasteiger charge is 2.01. The van der Waals surface area contributed by atoms with Crippen molar-refractivity contribution >= 4 is 5.97 Å². The van der Waals surface area contributed by atoms with Crippen LogP contribution >= 0.6 is 0 Å². The van der Waals surface area contributed by atoms with Crippen LogP contribution in [0.2, 0.25) is 0 Å². The van der Waals surface area contributed by atoms with Gasteiger partial charge in [0.2, 0.25) is 0 Å². The number of ether oxygens (including phenoxy) is 3. The maximum Gasteiger partial charge on any atom is 0.335 e. The zero-order valence-electron chi connectivity index (χ0n) is 10.7. The average Bonchev–Trinajstić information content (AvgIpc) is 2.42. The van der Waals surface area contributed by atoms with Gasteiger partial charge in [0.25, 0.3) is 0 Å². The number of hydrogen-bond acceptors (Lipinski definition) is 4. The molecule has 0 heterocycles. The lowest BCUT2D eigenvalue weighted by Gasteiger charge is -2.07. The van der Waals surface area contributed by atoms with E-state index in [0.29, 0.717) is 38.8 Å². The van der Waals surface area contributed by atoms with Gasteiger partial charge >= 0.3 is 5.97 Å². The molecule has 1 rings (SSSR count). The van der Waals surface area contributed by atoms with Crippen LogP contribution in [0.5, 0.6) is 5.75 Å². The summed E-state index contributed by atoms with van der Waals surface area (Å²) < 4.78 is 15.8. The van der Waals surface area contributed by atoms with Gasteiger partial charge in [-0.25, -0.2) is 4.79 Å². The lowest BCUT2D eigenvalue weighted by molar-refractivity contribution is 0.0449. The minimum Gasteiger partial charge on any atom is -0.491 e. The molecule has 1 aromatic carbocycles. The maximum atomic E-state index is 10.6. The zero-order valence-corrected chi connectivity index (χ0v) is 10.7. The van der Waals surface area contributed by atoms with E-state index < -0.39 is 5.97 Å². The molecular weight excluding hydrogens is 248 g/mol. The Morgan fingerprint density at radius 3 is 2.37 bits per heavy atom. The molecule has 1 N–H and O–H groups in total. The van der Waals surface area contributed by atoms with Gasteiger partial charge < -0.3 is 19.3 Å². The predicted octanol–water partition coefficient (Wildman–Crippen LogP) is 1.98. The summed E-state index contributed by atoms with van der Waals surface area (Å²) in [4.78, 5) is 10.6. The summed E-state index contributed by atoms with van der Waals surface area (Å²) in [6.45, 7) is 5.96. The van der Waals surface area contributed by atoms with Crippen molar-refractivity contribution in [1.29, 1.82) is 0 Å². The van der Waals surface area contributed by atoms with E-state index >= 15 is 0 Å². The number of carbonyl (C=O) groups is 1. The smallest absolute Gasteiger partial charge is 0.335 e. The summed E-state index contributed by atoms with van der Waals surface area (Å²) in [6, 6.07) is 6.25. The molecule has 0 aliphatic carbocycles. The topological polar surface area (TPSA) is 65.0 Å².